The van der Waals surface area contributed by atoms with Crippen LogP contribution in [0.2, 0.25) is 0 Å². The molecule has 4 rings (SSSR count). The van der Waals surface area contributed by atoms with Gasteiger partial charge in [0.05, 0.1) is 17.1 Å². The molecule has 6 heteroatoms. The summed E-state index contributed by atoms with van der Waals surface area (Å²) in [5.74, 6) is 0.768. The predicted octanol–water partition coefficient (Wildman–Crippen LogP) is 3.87. The molecule has 2 aromatic heterocycles. The van der Waals surface area contributed by atoms with Gasteiger partial charge in [-0.3, -0.25) is 4.40 Å². The monoisotopic (exact) mass is 322 g/mol. The standard InChI is InChI=1S/C18H15FN4O/c1-11(2)24-18-17-22-21-16(12-7-9-13(19)10-8-12)23(17)15-6-4-3-5-14(15)20-18/h3-11H,1-2H3. The number of aromatic nitrogens is 4. The topological polar surface area (TPSA) is 52.3 Å². The van der Waals surface area contributed by atoms with E-state index in [4.69, 9.17) is 4.74 Å². The molecule has 120 valence electrons. The largest absolute Gasteiger partial charge is 0.472 e. The van der Waals surface area contributed by atoms with Gasteiger partial charge in [-0.25, -0.2) is 9.37 Å². The van der Waals surface area contributed by atoms with Crippen molar-refractivity contribution in [1.29, 1.82) is 0 Å². The third-order valence-corrected chi connectivity index (χ3v) is 3.65. The van der Waals surface area contributed by atoms with Gasteiger partial charge in [0.2, 0.25) is 5.65 Å². The van der Waals surface area contributed by atoms with Crippen LogP contribution in [0.3, 0.4) is 0 Å². The minimum Gasteiger partial charge on any atom is -0.472 e. The highest BCUT2D eigenvalue weighted by Gasteiger charge is 2.17. The summed E-state index contributed by atoms with van der Waals surface area (Å²) in [6.45, 7) is 3.87. The summed E-state index contributed by atoms with van der Waals surface area (Å²) in [6, 6.07) is 13.9. The van der Waals surface area contributed by atoms with Crippen LogP contribution < -0.4 is 4.74 Å². The highest BCUT2D eigenvalue weighted by atomic mass is 19.1. The predicted molar refractivity (Wildman–Crippen MR) is 89.4 cm³/mol. The smallest absolute Gasteiger partial charge is 0.261 e. The minimum absolute atomic E-state index is 0.0339. The first kappa shape index (κ1) is 14.6. The maximum Gasteiger partial charge on any atom is 0.261 e. The van der Waals surface area contributed by atoms with Crippen molar-refractivity contribution >= 4 is 16.7 Å². The molecule has 2 heterocycles. The van der Waals surface area contributed by atoms with Crippen LogP contribution in [0.5, 0.6) is 5.88 Å². The van der Waals surface area contributed by atoms with Gasteiger partial charge in [0.1, 0.15) is 5.82 Å². The van der Waals surface area contributed by atoms with Gasteiger partial charge in [-0.1, -0.05) is 12.1 Å². The fraction of sp³-hybridized carbons (Fsp3) is 0.167. The molecule has 0 bridgehead atoms. The number of nitrogens with zero attached hydrogens (tertiary/aromatic N) is 4. The van der Waals surface area contributed by atoms with Crippen molar-refractivity contribution in [3.63, 3.8) is 0 Å². The van der Waals surface area contributed by atoms with Crippen LogP contribution in [0.4, 0.5) is 4.39 Å². The maximum absolute atomic E-state index is 13.2. The van der Waals surface area contributed by atoms with E-state index >= 15 is 0 Å². The average molecular weight is 322 g/mol. The van der Waals surface area contributed by atoms with Gasteiger partial charge in [0.15, 0.2) is 5.82 Å². The van der Waals surface area contributed by atoms with Crippen molar-refractivity contribution in [2.75, 3.05) is 0 Å². The van der Waals surface area contributed by atoms with Crippen molar-refractivity contribution in [2.45, 2.75) is 20.0 Å². The summed E-state index contributed by atoms with van der Waals surface area (Å²) in [5.41, 5.74) is 2.97. The van der Waals surface area contributed by atoms with Crippen LogP contribution in [0.25, 0.3) is 28.1 Å². The molecule has 24 heavy (non-hydrogen) atoms. The van der Waals surface area contributed by atoms with E-state index in [0.29, 0.717) is 17.4 Å². The number of para-hydroxylation sites is 2. The molecule has 0 saturated heterocycles. The average Bonchev–Trinajstić information content (AvgIpc) is 3.01. The molecule has 0 unspecified atom stereocenters. The lowest BCUT2D eigenvalue weighted by Crippen LogP contribution is -2.09. The van der Waals surface area contributed by atoms with Crippen molar-refractivity contribution in [3.05, 3.63) is 54.3 Å². The van der Waals surface area contributed by atoms with Crippen LogP contribution >= 0.6 is 0 Å². The minimum atomic E-state index is -0.289. The Morgan fingerprint density at radius 3 is 2.50 bits per heavy atom. The van der Waals surface area contributed by atoms with Crippen molar-refractivity contribution in [2.24, 2.45) is 0 Å². The molecule has 0 aliphatic carbocycles. The molecule has 0 fully saturated rings. The van der Waals surface area contributed by atoms with Crippen LogP contribution in [0.15, 0.2) is 48.5 Å². The molecule has 0 aliphatic rings. The highest BCUT2D eigenvalue weighted by molar-refractivity contribution is 5.82. The summed E-state index contributed by atoms with van der Waals surface area (Å²) in [5, 5.41) is 8.54. The van der Waals surface area contributed by atoms with Crippen molar-refractivity contribution in [1.82, 2.24) is 19.6 Å². The van der Waals surface area contributed by atoms with E-state index in [1.807, 2.05) is 42.5 Å². The molecule has 0 N–H and O–H groups in total. The van der Waals surface area contributed by atoms with Gasteiger partial charge in [0.25, 0.3) is 5.88 Å². The van der Waals surface area contributed by atoms with Crippen LogP contribution in [-0.2, 0) is 0 Å². The summed E-state index contributed by atoms with van der Waals surface area (Å²) in [6.07, 6.45) is -0.0339. The lowest BCUT2D eigenvalue weighted by molar-refractivity contribution is 0.235. The zero-order valence-electron chi connectivity index (χ0n) is 13.3. The molecule has 0 radical (unpaired) electrons. The Morgan fingerprint density at radius 1 is 1.00 bits per heavy atom. The normalized spacial score (nSPS) is 11.5. The third-order valence-electron chi connectivity index (χ3n) is 3.65. The van der Waals surface area contributed by atoms with Gasteiger partial charge < -0.3 is 4.74 Å². The summed E-state index contributed by atoms with van der Waals surface area (Å²) in [7, 11) is 0. The second-order valence-corrected chi connectivity index (χ2v) is 5.76. The SMILES string of the molecule is CC(C)Oc1nc2ccccc2n2c(-c3ccc(F)cc3)nnc12. The molecule has 2 aromatic carbocycles. The highest BCUT2D eigenvalue weighted by Crippen LogP contribution is 2.28. The second-order valence-electron chi connectivity index (χ2n) is 5.76. The lowest BCUT2D eigenvalue weighted by Gasteiger charge is -2.11. The molecule has 5 nitrogen and oxygen atoms in total. The molecular formula is C18H15FN4O. The van der Waals surface area contributed by atoms with E-state index in [0.717, 1.165) is 16.6 Å². The molecule has 0 amide bonds. The number of hydrogen-bond acceptors (Lipinski definition) is 4. The van der Waals surface area contributed by atoms with E-state index in [1.165, 1.54) is 12.1 Å². The molecular weight excluding hydrogens is 307 g/mol. The Balaban J connectivity index is 2.05. The van der Waals surface area contributed by atoms with E-state index in [9.17, 15) is 4.39 Å². The van der Waals surface area contributed by atoms with Crippen molar-refractivity contribution in [3.8, 4) is 17.3 Å². The summed E-state index contributed by atoms with van der Waals surface area (Å²) in [4.78, 5) is 4.56. The molecule has 0 atom stereocenters. The Kier molecular flexibility index (Phi) is 3.37. The van der Waals surface area contributed by atoms with Gasteiger partial charge in [-0.05, 0) is 50.2 Å². The van der Waals surface area contributed by atoms with Crippen LogP contribution in [0.1, 0.15) is 13.8 Å². The summed E-state index contributed by atoms with van der Waals surface area (Å²) >= 11 is 0. The van der Waals surface area contributed by atoms with Gasteiger partial charge in [0, 0.05) is 5.56 Å². The lowest BCUT2D eigenvalue weighted by atomic mass is 10.2. The zero-order chi connectivity index (χ0) is 16.7. The fourth-order valence-corrected chi connectivity index (χ4v) is 2.65. The second kappa shape index (κ2) is 5.56. The summed E-state index contributed by atoms with van der Waals surface area (Å²) < 4.78 is 20.9. The molecule has 4 aromatic rings. The number of fused-ring (bicyclic) bond motifs is 3. The molecule has 0 aliphatic heterocycles. The van der Waals surface area contributed by atoms with Crippen molar-refractivity contribution < 1.29 is 9.13 Å². The van der Waals surface area contributed by atoms with E-state index in [1.54, 1.807) is 12.1 Å². The van der Waals surface area contributed by atoms with Gasteiger partial charge in [-0.2, -0.15) is 0 Å². The molecule has 0 saturated carbocycles. The van der Waals surface area contributed by atoms with Crippen LogP contribution in [-0.4, -0.2) is 25.7 Å². The number of benzene rings is 2. The van der Waals surface area contributed by atoms with E-state index < -0.39 is 0 Å². The fourth-order valence-electron chi connectivity index (χ4n) is 2.65. The van der Waals surface area contributed by atoms with E-state index in [2.05, 4.69) is 15.2 Å². The first-order valence-electron chi connectivity index (χ1n) is 7.70. The first-order valence-corrected chi connectivity index (χ1v) is 7.70. The Morgan fingerprint density at radius 2 is 1.75 bits per heavy atom. The molecule has 0 spiro atoms. The number of ether oxygens (including phenoxy) is 1. The zero-order valence-corrected chi connectivity index (χ0v) is 13.3. The Bertz CT molecular complexity index is 1020. The maximum atomic E-state index is 13.2. The first-order chi connectivity index (χ1) is 11.6. The van der Waals surface area contributed by atoms with Gasteiger partial charge in [-0.15, -0.1) is 10.2 Å². The Labute approximate surface area is 137 Å². The number of halogens is 1. The van der Waals surface area contributed by atoms with E-state index in [-0.39, 0.29) is 11.9 Å². The number of rotatable bonds is 3. The number of hydrogen-bond donors (Lipinski definition) is 0. The van der Waals surface area contributed by atoms with Gasteiger partial charge >= 0.3 is 0 Å². The quantitative estimate of drug-likeness (QED) is 0.574. The van der Waals surface area contributed by atoms with Crippen LogP contribution in [0, 0.1) is 5.82 Å². The Hall–Kier alpha value is -3.02. The third kappa shape index (κ3) is 2.36.